The third-order valence-electron chi connectivity index (χ3n) is 7.15. The van der Waals surface area contributed by atoms with E-state index >= 15 is 0 Å². The number of benzene rings is 1. The van der Waals surface area contributed by atoms with Gasteiger partial charge in [-0.15, -0.1) is 0 Å². The number of ether oxygens (including phenoxy) is 1. The summed E-state index contributed by atoms with van der Waals surface area (Å²) in [4.78, 5) is 43.5. The van der Waals surface area contributed by atoms with Crippen LogP contribution in [-0.4, -0.2) is 49.6 Å². The molecular formula is C29H40ClN3O6S2. The molecule has 41 heavy (non-hydrogen) atoms. The number of hydrogen-bond donors (Lipinski definition) is 2. The van der Waals surface area contributed by atoms with Crippen molar-refractivity contribution in [2.75, 3.05) is 11.6 Å². The molecule has 1 heterocycles. The van der Waals surface area contributed by atoms with Crippen molar-refractivity contribution < 1.29 is 27.5 Å². The van der Waals surface area contributed by atoms with Gasteiger partial charge in [-0.3, -0.25) is 9.59 Å². The van der Waals surface area contributed by atoms with E-state index in [1.807, 2.05) is 27.7 Å². The summed E-state index contributed by atoms with van der Waals surface area (Å²) >= 11 is 7.35. The molecule has 226 valence electrons. The van der Waals surface area contributed by atoms with Gasteiger partial charge in [0, 0.05) is 18.6 Å². The molecule has 1 atom stereocenters. The number of aryl methyl sites for hydroxylation is 1. The van der Waals surface area contributed by atoms with Crippen molar-refractivity contribution >= 4 is 55.7 Å². The molecule has 0 saturated heterocycles. The molecule has 0 unspecified atom stereocenters. The maximum Gasteiger partial charge on any atom is 0.328 e. The fourth-order valence-corrected chi connectivity index (χ4v) is 7.76. The topological polar surface area (TPSA) is 132 Å². The Balaban J connectivity index is 1.72. The number of nitrogens with zero attached hydrogens (tertiary/aromatic N) is 1. The standard InChI is InChI=1S/C29H40ClN3O6S2/c1-17-24(19-12-13-21(30)23(14-19)41(7,37)38)40-27(31-17)33-26(36)29(5,6)16-28(3,4)15-22(32-18(2)34)25(35)39-20-10-8-9-11-20/h12-14,20,22H,8-11,15-16H2,1-7H3,(H,32,34)(H,31,33,36)/t22-/m0/s1. The molecule has 0 spiro atoms. The average Bonchev–Trinajstić information content (AvgIpc) is 3.46. The molecule has 0 aliphatic heterocycles. The van der Waals surface area contributed by atoms with Crippen LogP contribution in [0.25, 0.3) is 10.4 Å². The van der Waals surface area contributed by atoms with E-state index in [0.717, 1.165) is 36.8 Å². The summed E-state index contributed by atoms with van der Waals surface area (Å²) in [5.74, 6) is -0.997. The number of nitrogens with one attached hydrogen (secondary N) is 2. The lowest BCUT2D eigenvalue weighted by atomic mass is 9.71. The second kappa shape index (κ2) is 12.8. The fourth-order valence-electron chi connectivity index (χ4n) is 5.51. The van der Waals surface area contributed by atoms with Crippen LogP contribution in [0.1, 0.15) is 78.8 Å². The molecule has 1 saturated carbocycles. The molecule has 1 aliphatic carbocycles. The number of carbonyl (C=O) groups excluding carboxylic acids is 3. The number of sulfone groups is 1. The first-order chi connectivity index (χ1) is 18.9. The van der Waals surface area contributed by atoms with Crippen LogP contribution >= 0.6 is 22.9 Å². The van der Waals surface area contributed by atoms with Gasteiger partial charge in [0.1, 0.15) is 12.1 Å². The monoisotopic (exact) mass is 625 g/mol. The summed E-state index contributed by atoms with van der Waals surface area (Å²) in [6, 6.07) is 3.97. The van der Waals surface area contributed by atoms with Crippen LogP contribution < -0.4 is 10.6 Å². The zero-order valence-electron chi connectivity index (χ0n) is 24.7. The first-order valence-corrected chi connectivity index (χ1v) is 16.7. The predicted octanol–water partition coefficient (Wildman–Crippen LogP) is 5.94. The van der Waals surface area contributed by atoms with E-state index in [-0.39, 0.29) is 27.8 Å². The minimum absolute atomic E-state index is 0.0307. The lowest BCUT2D eigenvalue weighted by molar-refractivity contribution is -0.153. The first kappa shape index (κ1) is 33.0. The zero-order valence-corrected chi connectivity index (χ0v) is 27.1. The lowest BCUT2D eigenvalue weighted by Gasteiger charge is -2.36. The van der Waals surface area contributed by atoms with Crippen LogP contribution in [0, 0.1) is 17.8 Å². The number of aromatic nitrogens is 1. The predicted molar refractivity (Wildman–Crippen MR) is 162 cm³/mol. The molecule has 0 bridgehead atoms. The summed E-state index contributed by atoms with van der Waals surface area (Å²) in [5.41, 5.74) is -0.0653. The first-order valence-electron chi connectivity index (χ1n) is 13.6. The van der Waals surface area contributed by atoms with Gasteiger partial charge in [0.2, 0.25) is 11.8 Å². The highest BCUT2D eigenvalue weighted by molar-refractivity contribution is 7.90. The maximum atomic E-state index is 13.4. The van der Waals surface area contributed by atoms with Crippen LogP contribution in [0.2, 0.25) is 5.02 Å². The van der Waals surface area contributed by atoms with E-state index in [1.165, 1.54) is 30.4 Å². The Morgan fingerprint density at radius 3 is 2.39 bits per heavy atom. The molecule has 1 aromatic heterocycles. The molecule has 9 nitrogen and oxygen atoms in total. The van der Waals surface area contributed by atoms with E-state index < -0.39 is 32.7 Å². The normalized spacial score (nSPS) is 15.4. The van der Waals surface area contributed by atoms with Gasteiger partial charge in [0.25, 0.3) is 0 Å². The third-order valence-corrected chi connectivity index (χ3v) is 9.85. The largest absolute Gasteiger partial charge is 0.461 e. The van der Waals surface area contributed by atoms with Gasteiger partial charge >= 0.3 is 5.97 Å². The number of carbonyl (C=O) groups is 3. The lowest BCUT2D eigenvalue weighted by Crippen LogP contribution is -2.45. The SMILES string of the molecule is CC(=O)N[C@@H](CC(C)(C)CC(C)(C)C(=O)Nc1nc(C)c(-c2ccc(Cl)c(S(C)(=O)=O)c2)s1)C(=O)OC1CCCC1. The molecule has 2 N–H and O–H groups in total. The summed E-state index contributed by atoms with van der Waals surface area (Å²) < 4.78 is 29.9. The average molecular weight is 626 g/mol. The van der Waals surface area contributed by atoms with E-state index in [0.29, 0.717) is 29.2 Å². The van der Waals surface area contributed by atoms with E-state index in [1.54, 1.807) is 13.0 Å². The number of hydrogen-bond acceptors (Lipinski definition) is 8. The van der Waals surface area contributed by atoms with Gasteiger partial charge in [-0.25, -0.2) is 18.2 Å². The quantitative estimate of drug-likeness (QED) is 0.296. The van der Waals surface area contributed by atoms with E-state index in [2.05, 4.69) is 15.6 Å². The van der Waals surface area contributed by atoms with Gasteiger partial charge in [0.05, 0.1) is 20.5 Å². The Bertz CT molecular complexity index is 1410. The highest BCUT2D eigenvalue weighted by Gasteiger charge is 2.39. The molecule has 2 aromatic rings. The third kappa shape index (κ3) is 8.99. The Kier molecular flexibility index (Phi) is 10.3. The second-order valence-electron chi connectivity index (χ2n) is 12.3. The van der Waals surface area contributed by atoms with Gasteiger partial charge < -0.3 is 15.4 Å². The Hall–Kier alpha value is -2.50. The van der Waals surface area contributed by atoms with Crippen molar-refractivity contribution in [1.29, 1.82) is 0 Å². The molecule has 1 aliphatic rings. The van der Waals surface area contributed by atoms with Gasteiger partial charge in [0.15, 0.2) is 15.0 Å². The van der Waals surface area contributed by atoms with Crippen LogP contribution in [0.15, 0.2) is 23.1 Å². The van der Waals surface area contributed by atoms with E-state index in [9.17, 15) is 22.8 Å². The molecule has 1 fully saturated rings. The molecular weight excluding hydrogens is 586 g/mol. The number of anilines is 1. The number of amides is 2. The van der Waals surface area contributed by atoms with E-state index in [4.69, 9.17) is 16.3 Å². The molecule has 12 heteroatoms. The highest BCUT2D eigenvalue weighted by atomic mass is 35.5. The number of esters is 1. The van der Waals surface area contributed by atoms with Crippen LogP contribution in [-0.2, 0) is 29.0 Å². The number of thiazole rings is 1. The van der Waals surface area contributed by atoms with Crippen molar-refractivity contribution in [3.63, 3.8) is 0 Å². The molecule has 3 rings (SSSR count). The van der Waals surface area contributed by atoms with Crippen LogP contribution in [0.3, 0.4) is 0 Å². The number of rotatable bonds is 11. The smallest absolute Gasteiger partial charge is 0.328 e. The summed E-state index contributed by atoms with van der Waals surface area (Å²) in [6.45, 7) is 10.7. The van der Waals surface area contributed by atoms with Gasteiger partial charge in [-0.2, -0.15) is 0 Å². The Labute approximate surface area is 251 Å². The maximum absolute atomic E-state index is 13.4. The van der Waals surface area contributed by atoms with Crippen molar-refractivity contribution in [2.45, 2.75) is 97.1 Å². The highest BCUT2D eigenvalue weighted by Crippen LogP contribution is 2.40. The van der Waals surface area contributed by atoms with Gasteiger partial charge in [-0.1, -0.05) is 56.7 Å². The molecule has 2 amide bonds. The van der Waals surface area contributed by atoms with Crippen LogP contribution in [0.5, 0.6) is 0 Å². The minimum Gasteiger partial charge on any atom is -0.461 e. The number of halogens is 1. The summed E-state index contributed by atoms with van der Waals surface area (Å²) in [7, 11) is -3.52. The van der Waals surface area contributed by atoms with Crippen molar-refractivity contribution in [3.8, 4) is 10.4 Å². The summed E-state index contributed by atoms with van der Waals surface area (Å²) in [5, 5.41) is 6.18. The van der Waals surface area contributed by atoms with Crippen molar-refractivity contribution in [3.05, 3.63) is 28.9 Å². The Morgan fingerprint density at radius 2 is 1.80 bits per heavy atom. The second-order valence-corrected chi connectivity index (χ2v) is 15.7. The van der Waals surface area contributed by atoms with Crippen LogP contribution in [0.4, 0.5) is 5.13 Å². The van der Waals surface area contributed by atoms with Crippen molar-refractivity contribution in [2.24, 2.45) is 10.8 Å². The Morgan fingerprint density at radius 1 is 1.17 bits per heavy atom. The van der Waals surface area contributed by atoms with Gasteiger partial charge in [-0.05, 0) is 68.6 Å². The molecule has 1 aromatic carbocycles. The summed E-state index contributed by atoms with van der Waals surface area (Å²) in [6.07, 6.45) is 5.45. The zero-order chi connectivity index (χ0) is 30.8. The minimum atomic E-state index is -3.52. The van der Waals surface area contributed by atoms with Crippen molar-refractivity contribution in [1.82, 2.24) is 10.3 Å². The fraction of sp³-hybridized carbons (Fsp3) is 0.586. The molecule has 0 radical (unpaired) electrons.